The molecule has 0 bridgehead atoms. The summed E-state index contributed by atoms with van der Waals surface area (Å²) in [6.45, 7) is 0.795. The van der Waals surface area contributed by atoms with E-state index < -0.39 is 5.60 Å². The van der Waals surface area contributed by atoms with Crippen molar-refractivity contribution in [3.05, 3.63) is 6.42 Å². The Morgan fingerprint density at radius 1 is 1.55 bits per heavy atom. The third-order valence-corrected chi connectivity index (χ3v) is 2.19. The lowest BCUT2D eigenvalue weighted by Crippen LogP contribution is -2.41. The van der Waals surface area contributed by atoms with Crippen molar-refractivity contribution in [1.29, 1.82) is 0 Å². The molecule has 0 heterocycles. The molecule has 65 valence electrons. The molecular weight excluding hydrogens is 138 g/mol. The first-order valence-corrected chi connectivity index (χ1v) is 4.31. The monoisotopic (exact) mass is 156 g/mol. The molecule has 1 radical (unpaired) electrons. The summed E-state index contributed by atoms with van der Waals surface area (Å²) in [6, 6.07) is 0. The van der Waals surface area contributed by atoms with Gasteiger partial charge in [-0.25, -0.2) is 0 Å². The van der Waals surface area contributed by atoms with E-state index in [-0.39, 0.29) is 0 Å². The van der Waals surface area contributed by atoms with Crippen molar-refractivity contribution in [3.63, 3.8) is 0 Å². The first-order valence-electron chi connectivity index (χ1n) is 4.31. The summed E-state index contributed by atoms with van der Waals surface area (Å²) >= 11 is 0. The molecule has 1 fully saturated rings. The molecule has 1 saturated carbocycles. The van der Waals surface area contributed by atoms with E-state index in [1.807, 2.05) is 14.1 Å². The van der Waals surface area contributed by atoms with Crippen LogP contribution in [0, 0.1) is 6.42 Å². The van der Waals surface area contributed by atoms with Crippen LogP contribution in [0.2, 0.25) is 0 Å². The average molecular weight is 156 g/mol. The number of rotatable bonds is 2. The van der Waals surface area contributed by atoms with E-state index in [4.69, 9.17) is 0 Å². The van der Waals surface area contributed by atoms with Crippen LogP contribution in [0.1, 0.15) is 25.7 Å². The molecule has 0 aromatic carbocycles. The Morgan fingerprint density at radius 2 is 2.27 bits per heavy atom. The Bertz CT molecular complexity index is 117. The van der Waals surface area contributed by atoms with Crippen LogP contribution in [-0.2, 0) is 0 Å². The van der Waals surface area contributed by atoms with E-state index in [1.54, 1.807) is 0 Å². The summed E-state index contributed by atoms with van der Waals surface area (Å²) in [5.41, 5.74) is -0.429. The number of hydrogen-bond donors (Lipinski definition) is 1. The van der Waals surface area contributed by atoms with E-state index in [9.17, 15) is 5.11 Å². The van der Waals surface area contributed by atoms with Crippen LogP contribution in [0.4, 0.5) is 0 Å². The van der Waals surface area contributed by atoms with Gasteiger partial charge in [0.1, 0.15) is 0 Å². The highest BCUT2D eigenvalue weighted by Gasteiger charge is 2.29. The fraction of sp³-hybridized carbons (Fsp3) is 0.889. The minimum atomic E-state index is -0.429. The molecular formula is C9H18NO. The van der Waals surface area contributed by atoms with Gasteiger partial charge in [-0.05, 0) is 39.8 Å². The number of likely N-dealkylation sites (N-methyl/N-ethyl adjacent to an activating group) is 1. The third-order valence-electron chi connectivity index (χ3n) is 2.19. The van der Waals surface area contributed by atoms with Crippen LogP contribution < -0.4 is 0 Å². The predicted molar refractivity (Wildman–Crippen MR) is 46.3 cm³/mol. The van der Waals surface area contributed by atoms with Gasteiger partial charge < -0.3 is 10.0 Å². The minimum Gasteiger partial charge on any atom is -0.389 e. The lowest BCUT2D eigenvalue weighted by molar-refractivity contribution is -0.00361. The first kappa shape index (κ1) is 9.01. The highest BCUT2D eigenvalue weighted by atomic mass is 16.3. The Morgan fingerprint density at radius 3 is 2.73 bits per heavy atom. The summed E-state index contributed by atoms with van der Waals surface area (Å²) < 4.78 is 0. The van der Waals surface area contributed by atoms with Crippen LogP contribution in [-0.4, -0.2) is 36.2 Å². The molecule has 0 aromatic heterocycles. The fourth-order valence-electron chi connectivity index (χ4n) is 1.78. The SMILES string of the molecule is CN(C)CC1(O)C[CH]CCC1. The van der Waals surface area contributed by atoms with Crippen molar-refractivity contribution in [3.8, 4) is 0 Å². The summed E-state index contributed by atoms with van der Waals surface area (Å²) in [6.07, 6.45) is 6.35. The second-order valence-electron chi connectivity index (χ2n) is 3.85. The van der Waals surface area contributed by atoms with E-state index in [1.165, 1.54) is 6.42 Å². The second-order valence-corrected chi connectivity index (χ2v) is 3.85. The Balaban J connectivity index is 2.37. The minimum absolute atomic E-state index is 0.429. The van der Waals surface area contributed by atoms with Gasteiger partial charge in [-0.1, -0.05) is 6.42 Å². The lowest BCUT2D eigenvalue weighted by Gasteiger charge is -2.34. The van der Waals surface area contributed by atoms with Crippen molar-refractivity contribution >= 4 is 0 Å². The molecule has 11 heavy (non-hydrogen) atoms. The van der Waals surface area contributed by atoms with Crippen molar-refractivity contribution < 1.29 is 5.11 Å². The summed E-state index contributed by atoms with van der Waals surface area (Å²) in [4.78, 5) is 2.05. The Labute approximate surface area is 69.2 Å². The smallest absolute Gasteiger partial charge is 0.0776 e. The van der Waals surface area contributed by atoms with Crippen LogP contribution in [0.15, 0.2) is 0 Å². The molecule has 1 rings (SSSR count). The molecule has 0 aromatic rings. The molecule has 0 amide bonds. The number of aliphatic hydroxyl groups is 1. The van der Waals surface area contributed by atoms with E-state index in [2.05, 4.69) is 11.3 Å². The van der Waals surface area contributed by atoms with E-state index in [0.29, 0.717) is 0 Å². The highest BCUT2D eigenvalue weighted by molar-refractivity contribution is 4.91. The number of hydrogen-bond acceptors (Lipinski definition) is 2. The summed E-state index contributed by atoms with van der Waals surface area (Å²) in [7, 11) is 4.01. The van der Waals surface area contributed by atoms with Crippen molar-refractivity contribution in [2.75, 3.05) is 20.6 Å². The molecule has 1 atom stereocenters. The maximum atomic E-state index is 9.97. The quantitative estimate of drug-likeness (QED) is 0.646. The first-order chi connectivity index (χ1) is 5.12. The average Bonchev–Trinajstić information content (AvgIpc) is 1.85. The van der Waals surface area contributed by atoms with Crippen molar-refractivity contribution in [2.45, 2.75) is 31.3 Å². The zero-order valence-corrected chi connectivity index (χ0v) is 7.51. The highest BCUT2D eigenvalue weighted by Crippen LogP contribution is 2.27. The zero-order valence-electron chi connectivity index (χ0n) is 7.51. The van der Waals surface area contributed by atoms with E-state index in [0.717, 1.165) is 25.8 Å². The molecule has 0 spiro atoms. The van der Waals surface area contributed by atoms with Gasteiger partial charge in [-0.2, -0.15) is 0 Å². The summed E-state index contributed by atoms with van der Waals surface area (Å²) in [5.74, 6) is 0. The van der Waals surface area contributed by atoms with Crippen LogP contribution in [0.5, 0.6) is 0 Å². The fourth-order valence-corrected chi connectivity index (χ4v) is 1.78. The molecule has 1 N–H and O–H groups in total. The van der Waals surface area contributed by atoms with E-state index >= 15 is 0 Å². The lowest BCUT2D eigenvalue weighted by atomic mass is 9.85. The molecule has 2 heteroatoms. The van der Waals surface area contributed by atoms with Gasteiger partial charge in [0.2, 0.25) is 0 Å². The standard InChI is InChI=1S/C9H18NO/c1-10(2)8-9(11)6-4-3-5-7-9/h4,11H,3,5-8H2,1-2H3. The molecule has 1 unspecified atom stereocenters. The molecule has 1 aliphatic carbocycles. The largest absolute Gasteiger partial charge is 0.389 e. The molecule has 2 nitrogen and oxygen atoms in total. The molecule has 0 saturated heterocycles. The Kier molecular flexibility index (Phi) is 2.90. The van der Waals surface area contributed by atoms with Gasteiger partial charge in [-0.15, -0.1) is 0 Å². The molecule has 1 aliphatic rings. The molecule has 0 aliphatic heterocycles. The third kappa shape index (κ3) is 2.80. The van der Waals surface area contributed by atoms with Gasteiger partial charge in [0.15, 0.2) is 0 Å². The van der Waals surface area contributed by atoms with Gasteiger partial charge >= 0.3 is 0 Å². The predicted octanol–water partition coefficient (Wildman–Crippen LogP) is 1.06. The van der Waals surface area contributed by atoms with Crippen molar-refractivity contribution in [1.82, 2.24) is 4.90 Å². The maximum absolute atomic E-state index is 9.97. The van der Waals surface area contributed by atoms with Crippen LogP contribution >= 0.6 is 0 Å². The van der Waals surface area contributed by atoms with Gasteiger partial charge in [-0.3, -0.25) is 0 Å². The Hall–Kier alpha value is -0.0800. The van der Waals surface area contributed by atoms with Gasteiger partial charge in [0.25, 0.3) is 0 Å². The second kappa shape index (κ2) is 3.55. The maximum Gasteiger partial charge on any atom is 0.0776 e. The van der Waals surface area contributed by atoms with Crippen molar-refractivity contribution in [2.24, 2.45) is 0 Å². The zero-order chi connectivity index (χ0) is 8.32. The van der Waals surface area contributed by atoms with Crippen LogP contribution in [0.25, 0.3) is 0 Å². The number of nitrogens with zero attached hydrogens (tertiary/aromatic N) is 1. The summed E-state index contributed by atoms with van der Waals surface area (Å²) in [5, 5.41) is 9.97. The topological polar surface area (TPSA) is 23.5 Å². The van der Waals surface area contributed by atoms with Gasteiger partial charge in [0.05, 0.1) is 5.60 Å². The van der Waals surface area contributed by atoms with Gasteiger partial charge in [0, 0.05) is 6.54 Å². The van der Waals surface area contributed by atoms with Crippen LogP contribution in [0.3, 0.4) is 0 Å². The normalized spacial score (nSPS) is 24.0.